The molecule has 0 spiro atoms. The topological polar surface area (TPSA) is 104 Å². The van der Waals surface area contributed by atoms with Crippen molar-refractivity contribution in [3.8, 4) is 5.69 Å². The van der Waals surface area contributed by atoms with Gasteiger partial charge in [0.05, 0.1) is 10.4 Å². The molecule has 1 atom stereocenters. The quantitative estimate of drug-likeness (QED) is 0.367. The molecule has 1 unspecified atom stereocenters. The van der Waals surface area contributed by atoms with Crippen molar-refractivity contribution in [2.75, 3.05) is 34.6 Å². The monoisotopic (exact) mass is 517 g/mol. The molecule has 1 fully saturated rings. The van der Waals surface area contributed by atoms with E-state index in [1.807, 2.05) is 35.0 Å². The van der Waals surface area contributed by atoms with Crippen molar-refractivity contribution in [1.82, 2.24) is 19.9 Å². The summed E-state index contributed by atoms with van der Waals surface area (Å²) in [6.45, 7) is 8.11. The molecule has 10 heteroatoms. The van der Waals surface area contributed by atoms with Crippen LogP contribution in [0, 0.1) is 0 Å². The summed E-state index contributed by atoms with van der Waals surface area (Å²) < 4.78 is 29.0. The second-order valence-electron chi connectivity index (χ2n) is 10.7. The van der Waals surface area contributed by atoms with Crippen molar-refractivity contribution in [1.29, 1.82) is 0 Å². The number of hydrogen-bond donors (Lipinski definition) is 3. The van der Waals surface area contributed by atoms with Crippen molar-refractivity contribution in [3.05, 3.63) is 66.5 Å². The fourth-order valence-electron chi connectivity index (χ4n) is 4.96. The molecule has 0 aliphatic carbocycles. The van der Waals surface area contributed by atoms with E-state index in [9.17, 15) is 8.42 Å². The van der Waals surface area contributed by atoms with Crippen LogP contribution in [-0.4, -0.2) is 53.4 Å². The van der Waals surface area contributed by atoms with Crippen LogP contribution in [0.1, 0.15) is 26.3 Å². The van der Waals surface area contributed by atoms with E-state index in [-0.39, 0.29) is 0 Å². The Kier molecular flexibility index (Phi) is 5.61. The number of hydrogen-bond acceptors (Lipinski definition) is 7. The highest BCUT2D eigenvalue weighted by Crippen LogP contribution is 2.35. The van der Waals surface area contributed by atoms with Crippen LogP contribution < -0.4 is 20.3 Å². The van der Waals surface area contributed by atoms with Gasteiger partial charge in [0.2, 0.25) is 16.0 Å². The Labute approximate surface area is 217 Å². The number of rotatable bonds is 5. The molecule has 4 aromatic rings. The standard InChI is InChI=1S/C27H31N7O2S/c1-27(2,3)37(35,36)32-21-5-4-6-22(15-21)34-11-9-18-16-29-26(31-25(18)34)30-20-7-8-24-19(13-20)14-23-17-28-10-12-33(23)24/h4-9,11,13,15-16,23,28,32H,10,12,14,17H2,1-3H3,(H,29,30,31). The molecule has 3 N–H and O–H groups in total. The zero-order valence-corrected chi connectivity index (χ0v) is 22.0. The summed E-state index contributed by atoms with van der Waals surface area (Å²) in [5, 5.41) is 7.75. The van der Waals surface area contributed by atoms with Crippen LogP contribution in [0.5, 0.6) is 0 Å². The van der Waals surface area contributed by atoms with Gasteiger partial charge in [0.1, 0.15) is 5.65 Å². The van der Waals surface area contributed by atoms with Gasteiger partial charge >= 0.3 is 0 Å². The van der Waals surface area contributed by atoms with Crippen LogP contribution in [0.4, 0.5) is 23.0 Å². The number of piperazine rings is 1. The van der Waals surface area contributed by atoms with Gasteiger partial charge in [-0.15, -0.1) is 0 Å². The maximum Gasteiger partial charge on any atom is 0.237 e. The Morgan fingerprint density at radius 3 is 2.78 bits per heavy atom. The van der Waals surface area contributed by atoms with Crippen LogP contribution in [0.15, 0.2) is 60.9 Å². The van der Waals surface area contributed by atoms with E-state index >= 15 is 0 Å². The van der Waals surface area contributed by atoms with E-state index in [1.165, 1.54) is 11.3 Å². The lowest BCUT2D eigenvalue weighted by Gasteiger charge is -2.32. The molecular weight excluding hydrogens is 486 g/mol. The van der Waals surface area contributed by atoms with Gasteiger partial charge in [0.25, 0.3) is 0 Å². The van der Waals surface area contributed by atoms with Gasteiger partial charge in [-0.25, -0.2) is 13.4 Å². The predicted molar refractivity (Wildman–Crippen MR) is 149 cm³/mol. The lowest BCUT2D eigenvalue weighted by atomic mass is 10.1. The van der Waals surface area contributed by atoms with Gasteiger partial charge < -0.3 is 20.1 Å². The zero-order chi connectivity index (χ0) is 25.8. The second-order valence-corrected chi connectivity index (χ2v) is 13.1. The normalized spacial score (nSPS) is 17.5. The van der Waals surface area contributed by atoms with E-state index in [1.54, 1.807) is 33.0 Å². The number of aromatic nitrogens is 3. The number of benzene rings is 2. The van der Waals surface area contributed by atoms with Gasteiger partial charge in [-0.05, 0) is 75.2 Å². The van der Waals surface area contributed by atoms with Crippen molar-refractivity contribution >= 4 is 44.1 Å². The minimum absolute atomic E-state index is 0.506. The molecule has 6 rings (SSSR count). The second kappa shape index (κ2) is 8.74. The molecule has 192 valence electrons. The first-order valence-electron chi connectivity index (χ1n) is 12.5. The third-order valence-electron chi connectivity index (χ3n) is 7.06. The van der Waals surface area contributed by atoms with Crippen molar-refractivity contribution in [3.63, 3.8) is 0 Å². The van der Waals surface area contributed by atoms with E-state index in [0.717, 1.165) is 48.5 Å². The molecule has 0 bridgehead atoms. The molecular formula is C27H31N7O2S. The highest BCUT2D eigenvalue weighted by molar-refractivity contribution is 7.94. The molecule has 2 aromatic carbocycles. The van der Waals surface area contributed by atoms with E-state index < -0.39 is 14.8 Å². The van der Waals surface area contributed by atoms with Gasteiger partial charge in [-0.1, -0.05) is 6.07 Å². The summed E-state index contributed by atoms with van der Waals surface area (Å²) in [5.41, 5.74) is 5.67. The zero-order valence-electron chi connectivity index (χ0n) is 21.2. The number of nitrogens with one attached hydrogen (secondary N) is 3. The Hall–Kier alpha value is -3.63. The molecule has 2 aliphatic heterocycles. The van der Waals surface area contributed by atoms with Crippen LogP contribution in [0.25, 0.3) is 16.7 Å². The number of fused-ring (bicyclic) bond motifs is 4. The Morgan fingerprint density at radius 1 is 1.08 bits per heavy atom. The lowest BCUT2D eigenvalue weighted by molar-refractivity contribution is 0.495. The summed E-state index contributed by atoms with van der Waals surface area (Å²) in [6, 6.07) is 16.3. The van der Waals surface area contributed by atoms with Crippen LogP contribution >= 0.6 is 0 Å². The first kappa shape index (κ1) is 23.7. The lowest BCUT2D eigenvalue weighted by Crippen LogP contribution is -2.49. The number of sulfonamides is 1. The average Bonchev–Trinajstić information content (AvgIpc) is 3.44. The molecule has 37 heavy (non-hydrogen) atoms. The molecule has 0 amide bonds. The Morgan fingerprint density at radius 2 is 1.95 bits per heavy atom. The third kappa shape index (κ3) is 4.40. The number of anilines is 4. The smallest absolute Gasteiger partial charge is 0.237 e. The minimum Gasteiger partial charge on any atom is -0.365 e. The van der Waals surface area contributed by atoms with Gasteiger partial charge in [0, 0.05) is 60.5 Å². The first-order chi connectivity index (χ1) is 17.7. The fraction of sp³-hybridized carbons (Fsp3) is 0.333. The van der Waals surface area contributed by atoms with E-state index in [4.69, 9.17) is 4.98 Å². The highest BCUT2D eigenvalue weighted by atomic mass is 32.2. The molecule has 0 radical (unpaired) electrons. The average molecular weight is 518 g/mol. The molecule has 0 saturated carbocycles. The minimum atomic E-state index is -3.53. The SMILES string of the molecule is CC(C)(C)S(=O)(=O)Nc1cccc(-n2ccc3cnc(Nc4ccc5c(c4)CC4CNCCN54)nc32)c1. The Bertz CT molecular complexity index is 1590. The fourth-order valence-corrected chi connectivity index (χ4v) is 5.71. The Balaban J connectivity index is 1.27. The van der Waals surface area contributed by atoms with E-state index in [0.29, 0.717) is 17.7 Å². The maximum absolute atomic E-state index is 12.6. The van der Waals surface area contributed by atoms with E-state index in [2.05, 4.69) is 43.4 Å². The van der Waals surface area contributed by atoms with Gasteiger partial charge in [-0.3, -0.25) is 4.72 Å². The van der Waals surface area contributed by atoms with Crippen molar-refractivity contribution in [2.45, 2.75) is 38.0 Å². The predicted octanol–water partition coefficient (Wildman–Crippen LogP) is 4.04. The van der Waals surface area contributed by atoms with Crippen LogP contribution in [0.2, 0.25) is 0 Å². The number of nitrogens with zero attached hydrogens (tertiary/aromatic N) is 4. The summed E-state index contributed by atoms with van der Waals surface area (Å²) in [7, 11) is -3.53. The molecule has 2 aromatic heterocycles. The van der Waals surface area contributed by atoms with Gasteiger partial charge in [-0.2, -0.15) is 4.98 Å². The van der Waals surface area contributed by atoms with Crippen molar-refractivity contribution < 1.29 is 8.42 Å². The highest BCUT2D eigenvalue weighted by Gasteiger charge is 2.31. The third-order valence-corrected chi connectivity index (χ3v) is 9.18. The van der Waals surface area contributed by atoms with Crippen molar-refractivity contribution in [2.24, 2.45) is 0 Å². The summed E-state index contributed by atoms with van der Waals surface area (Å²) in [4.78, 5) is 11.8. The summed E-state index contributed by atoms with van der Waals surface area (Å²) in [5.74, 6) is 0.509. The molecule has 1 saturated heterocycles. The first-order valence-corrected chi connectivity index (χ1v) is 14.0. The van der Waals surface area contributed by atoms with Crippen LogP contribution in [-0.2, 0) is 16.4 Å². The van der Waals surface area contributed by atoms with Crippen LogP contribution in [0.3, 0.4) is 0 Å². The summed E-state index contributed by atoms with van der Waals surface area (Å²) in [6.07, 6.45) is 4.75. The molecule has 2 aliphatic rings. The molecule has 4 heterocycles. The largest absolute Gasteiger partial charge is 0.365 e. The summed E-state index contributed by atoms with van der Waals surface area (Å²) >= 11 is 0. The van der Waals surface area contributed by atoms with Gasteiger partial charge in [0.15, 0.2) is 0 Å². The molecule has 9 nitrogen and oxygen atoms in total. The maximum atomic E-state index is 12.6.